The Morgan fingerprint density at radius 3 is 2.52 bits per heavy atom. The van der Waals surface area contributed by atoms with E-state index in [1.165, 1.54) is 12.4 Å². The second-order valence-electron chi connectivity index (χ2n) is 7.07. The normalized spacial score (nSPS) is 20.2. The van der Waals surface area contributed by atoms with Gasteiger partial charge in [-0.3, -0.25) is 4.79 Å². The molecule has 27 heavy (non-hydrogen) atoms. The van der Waals surface area contributed by atoms with Gasteiger partial charge in [0.1, 0.15) is 0 Å². The number of halogens is 1. The molecule has 0 spiro atoms. The summed E-state index contributed by atoms with van der Waals surface area (Å²) in [4.78, 5) is 14.8. The van der Waals surface area contributed by atoms with Crippen molar-refractivity contribution in [3.05, 3.63) is 53.9 Å². The zero-order valence-electron chi connectivity index (χ0n) is 15.5. The highest BCUT2D eigenvalue weighted by atomic mass is 35.5. The zero-order valence-corrected chi connectivity index (χ0v) is 17.2. The van der Waals surface area contributed by atoms with Crippen LogP contribution in [0, 0.1) is 12.8 Å². The highest BCUT2D eigenvalue weighted by molar-refractivity contribution is 7.90. The van der Waals surface area contributed by atoms with Crippen LogP contribution in [0.3, 0.4) is 0 Å². The number of nitrogens with zero attached hydrogens (tertiary/aromatic N) is 2. The van der Waals surface area contributed by atoms with Gasteiger partial charge >= 0.3 is 0 Å². The maximum absolute atomic E-state index is 12.9. The monoisotopic (exact) mass is 411 g/mol. The number of aryl methyl sites for hydroxylation is 1. The van der Waals surface area contributed by atoms with Crippen LogP contribution in [0.4, 0.5) is 0 Å². The number of piperidine rings is 1. The smallest absolute Gasteiger partial charge is 0.267 e. The lowest BCUT2D eigenvalue weighted by Crippen LogP contribution is -2.49. The summed E-state index contributed by atoms with van der Waals surface area (Å²) in [5, 5.41) is 0. The van der Waals surface area contributed by atoms with Crippen molar-refractivity contribution in [1.29, 1.82) is 0 Å². The number of aromatic nitrogens is 1. The van der Waals surface area contributed by atoms with Crippen molar-refractivity contribution >= 4 is 28.3 Å². The largest absolute Gasteiger partial charge is 0.334 e. The molecule has 1 aromatic carbocycles. The Balaban J connectivity index is 0.00000261. The molecule has 8 heteroatoms. The summed E-state index contributed by atoms with van der Waals surface area (Å²) in [6.07, 6.45) is 4.63. The van der Waals surface area contributed by atoms with E-state index in [2.05, 4.69) is 6.92 Å². The molecule has 1 saturated heterocycles. The first kappa shape index (κ1) is 21.5. The molecule has 148 valence electrons. The third kappa shape index (κ3) is 4.36. The fourth-order valence-corrected chi connectivity index (χ4v) is 4.59. The average Bonchev–Trinajstić information content (AvgIpc) is 3.12. The van der Waals surface area contributed by atoms with Crippen LogP contribution in [0.2, 0.25) is 0 Å². The van der Waals surface area contributed by atoms with Crippen LogP contribution in [0.5, 0.6) is 0 Å². The van der Waals surface area contributed by atoms with E-state index < -0.39 is 10.0 Å². The molecular weight excluding hydrogens is 386 g/mol. The van der Waals surface area contributed by atoms with Gasteiger partial charge in [0.05, 0.1) is 10.5 Å². The molecule has 6 nitrogen and oxygen atoms in total. The Kier molecular flexibility index (Phi) is 6.72. The standard InChI is InChI=1S/C19H25N3O3S.ClH/c1-14-3-5-18(6-4-14)26(24,25)21-9-8-16(13-21)19(23)22-10-7-15(2)11-17(22)12-20;/h3-6,8-9,13,15,17H,7,10-12,20H2,1-2H3;1H. The first-order chi connectivity index (χ1) is 12.3. The second kappa shape index (κ2) is 8.46. The maximum atomic E-state index is 12.9. The van der Waals surface area contributed by atoms with Gasteiger partial charge in [-0.05, 0) is 43.9 Å². The predicted octanol–water partition coefficient (Wildman–Crippen LogP) is 2.65. The summed E-state index contributed by atoms with van der Waals surface area (Å²) in [7, 11) is -3.71. The third-order valence-electron chi connectivity index (χ3n) is 5.02. The Labute approximate surface area is 166 Å². The van der Waals surface area contributed by atoms with Crippen LogP contribution in [0.15, 0.2) is 47.6 Å². The van der Waals surface area contributed by atoms with E-state index in [4.69, 9.17) is 5.73 Å². The van der Waals surface area contributed by atoms with Gasteiger partial charge in [0.2, 0.25) is 0 Å². The summed E-state index contributed by atoms with van der Waals surface area (Å²) in [5.41, 5.74) is 7.19. The van der Waals surface area contributed by atoms with Crippen LogP contribution >= 0.6 is 12.4 Å². The lowest BCUT2D eigenvalue weighted by molar-refractivity contribution is 0.0574. The molecule has 0 saturated carbocycles. The van der Waals surface area contributed by atoms with Gasteiger partial charge in [-0.2, -0.15) is 0 Å². The number of amides is 1. The topological polar surface area (TPSA) is 85.4 Å². The SMILES string of the molecule is Cc1ccc(S(=O)(=O)n2ccc(C(=O)N3CCC(C)CC3CN)c2)cc1.Cl. The van der Waals surface area contributed by atoms with E-state index in [0.717, 1.165) is 22.4 Å². The molecular formula is C19H26ClN3O3S. The van der Waals surface area contributed by atoms with Crippen molar-refractivity contribution in [3.8, 4) is 0 Å². The predicted molar refractivity (Wildman–Crippen MR) is 108 cm³/mol. The molecule has 2 heterocycles. The summed E-state index contributed by atoms with van der Waals surface area (Å²) in [6.45, 7) is 5.13. The quantitative estimate of drug-likeness (QED) is 0.837. The van der Waals surface area contributed by atoms with E-state index >= 15 is 0 Å². The van der Waals surface area contributed by atoms with Crippen molar-refractivity contribution in [1.82, 2.24) is 8.87 Å². The van der Waals surface area contributed by atoms with Crippen molar-refractivity contribution < 1.29 is 13.2 Å². The minimum absolute atomic E-state index is 0. The van der Waals surface area contributed by atoms with Gasteiger partial charge in [-0.1, -0.05) is 24.6 Å². The number of rotatable bonds is 4. The Morgan fingerprint density at radius 1 is 1.22 bits per heavy atom. The fourth-order valence-electron chi connectivity index (χ4n) is 3.39. The summed E-state index contributed by atoms with van der Waals surface area (Å²) in [6, 6.07) is 8.21. The molecule has 1 aromatic heterocycles. The Bertz CT molecular complexity index is 893. The molecule has 1 amide bonds. The number of carbonyl (C=O) groups is 1. The van der Waals surface area contributed by atoms with E-state index in [0.29, 0.717) is 24.6 Å². The highest BCUT2D eigenvalue weighted by Crippen LogP contribution is 2.24. The number of carbonyl (C=O) groups excluding carboxylic acids is 1. The number of hydrogen-bond acceptors (Lipinski definition) is 4. The van der Waals surface area contributed by atoms with Gasteiger partial charge in [0.15, 0.2) is 0 Å². The molecule has 0 bridgehead atoms. The molecule has 3 rings (SSSR count). The molecule has 2 unspecified atom stereocenters. The van der Waals surface area contributed by atoms with E-state index in [1.807, 2.05) is 6.92 Å². The number of nitrogens with two attached hydrogens (primary N) is 1. The molecule has 2 N–H and O–H groups in total. The van der Waals surface area contributed by atoms with Gasteiger partial charge in [0.25, 0.3) is 15.9 Å². The van der Waals surface area contributed by atoms with Crippen LogP contribution in [0.1, 0.15) is 35.7 Å². The van der Waals surface area contributed by atoms with E-state index in [9.17, 15) is 13.2 Å². The van der Waals surface area contributed by atoms with Crippen LogP contribution < -0.4 is 5.73 Å². The fraction of sp³-hybridized carbons (Fsp3) is 0.421. The van der Waals surface area contributed by atoms with Crippen LogP contribution in [-0.4, -0.2) is 42.3 Å². The molecule has 2 aromatic rings. The van der Waals surface area contributed by atoms with Gasteiger partial charge in [0, 0.05) is 31.5 Å². The first-order valence-electron chi connectivity index (χ1n) is 8.84. The molecule has 1 fully saturated rings. The Morgan fingerprint density at radius 2 is 1.89 bits per heavy atom. The van der Waals surface area contributed by atoms with Gasteiger partial charge in [-0.15, -0.1) is 12.4 Å². The summed E-state index contributed by atoms with van der Waals surface area (Å²) in [5.74, 6) is 0.379. The molecule has 0 aliphatic carbocycles. The molecule has 1 aliphatic rings. The van der Waals surface area contributed by atoms with Crippen LogP contribution in [-0.2, 0) is 10.0 Å². The van der Waals surface area contributed by atoms with Crippen molar-refractivity contribution in [2.45, 2.75) is 37.6 Å². The second-order valence-corrected chi connectivity index (χ2v) is 8.91. The van der Waals surface area contributed by atoms with Gasteiger partial charge in [-0.25, -0.2) is 12.4 Å². The molecule has 1 aliphatic heterocycles. The van der Waals surface area contributed by atoms with E-state index in [1.54, 1.807) is 35.2 Å². The van der Waals surface area contributed by atoms with Gasteiger partial charge < -0.3 is 10.6 Å². The number of benzene rings is 1. The van der Waals surface area contributed by atoms with Crippen molar-refractivity contribution in [3.63, 3.8) is 0 Å². The Hall–Kier alpha value is -1.83. The van der Waals surface area contributed by atoms with Crippen molar-refractivity contribution in [2.24, 2.45) is 11.7 Å². The molecule has 0 radical (unpaired) electrons. The minimum atomic E-state index is -3.71. The van der Waals surface area contributed by atoms with Crippen molar-refractivity contribution in [2.75, 3.05) is 13.1 Å². The van der Waals surface area contributed by atoms with E-state index in [-0.39, 0.29) is 29.3 Å². The summed E-state index contributed by atoms with van der Waals surface area (Å²) >= 11 is 0. The average molecular weight is 412 g/mol. The summed E-state index contributed by atoms with van der Waals surface area (Å²) < 4.78 is 26.6. The highest BCUT2D eigenvalue weighted by Gasteiger charge is 2.30. The maximum Gasteiger partial charge on any atom is 0.267 e. The number of hydrogen-bond donors (Lipinski definition) is 1. The molecule has 2 atom stereocenters. The van der Waals surface area contributed by atoms with Crippen LogP contribution in [0.25, 0.3) is 0 Å². The minimum Gasteiger partial charge on any atom is -0.334 e. The first-order valence-corrected chi connectivity index (χ1v) is 10.3. The lowest BCUT2D eigenvalue weighted by Gasteiger charge is -2.37. The third-order valence-corrected chi connectivity index (χ3v) is 6.67. The zero-order chi connectivity index (χ0) is 18.9. The lowest BCUT2D eigenvalue weighted by atomic mass is 9.92. The number of likely N-dealkylation sites (tertiary alicyclic amines) is 1.